The minimum Gasteiger partial charge on any atom is -0.462 e. The molecule has 2 amide bonds. The molecule has 11 heteroatoms. The van der Waals surface area contributed by atoms with Crippen molar-refractivity contribution in [1.82, 2.24) is 9.78 Å². The summed E-state index contributed by atoms with van der Waals surface area (Å²) in [5.74, 6) is -1.08. The summed E-state index contributed by atoms with van der Waals surface area (Å²) in [6, 6.07) is 9.14. The largest absolute Gasteiger partial charge is 0.462 e. The van der Waals surface area contributed by atoms with Crippen LogP contribution in [0.5, 0.6) is 0 Å². The van der Waals surface area contributed by atoms with E-state index in [0.717, 1.165) is 27.8 Å². The number of carbonyl (C=O) groups is 3. The van der Waals surface area contributed by atoms with Crippen LogP contribution in [-0.4, -0.2) is 45.1 Å². The van der Waals surface area contributed by atoms with Gasteiger partial charge in [0.15, 0.2) is 5.17 Å². The number of hydrogen-bond donors (Lipinski definition) is 1. The van der Waals surface area contributed by atoms with Gasteiger partial charge in [-0.2, -0.15) is 5.10 Å². The molecular formula is C25H25N5O4S2. The Balaban J connectivity index is 1.54. The quantitative estimate of drug-likeness (QED) is 0.364. The first-order chi connectivity index (χ1) is 17.3. The van der Waals surface area contributed by atoms with Gasteiger partial charge < -0.3 is 10.1 Å². The van der Waals surface area contributed by atoms with E-state index < -0.39 is 5.97 Å². The first-order valence-electron chi connectivity index (χ1n) is 11.2. The number of aromatic nitrogens is 2. The first-order valence-corrected chi connectivity index (χ1v) is 13.0. The molecule has 1 N–H and O–H groups in total. The lowest BCUT2D eigenvalue weighted by Gasteiger charge is -2.17. The van der Waals surface area contributed by atoms with Crippen molar-refractivity contribution in [2.45, 2.75) is 20.8 Å². The zero-order valence-electron chi connectivity index (χ0n) is 20.3. The fourth-order valence-corrected chi connectivity index (χ4v) is 5.40. The number of anilines is 2. The number of benzene rings is 1. The molecule has 0 spiro atoms. The maximum absolute atomic E-state index is 13.2. The van der Waals surface area contributed by atoms with Crippen molar-refractivity contribution in [3.8, 4) is 0 Å². The summed E-state index contributed by atoms with van der Waals surface area (Å²) in [6.07, 6.45) is 5.10. The standard InChI is InChI=1S/C25H25N5O4S2/c1-5-34-24(33)21-15(2)16(3)36-22(21)28-20(31)14-35-25-27-19(11-17-12-26-29(4)13-17)23(32)30(25)18-9-7-6-8-10-18/h6-13H,5,14H2,1-4H3,(H,28,31). The van der Waals surface area contributed by atoms with Crippen LogP contribution >= 0.6 is 23.1 Å². The third-order valence-electron chi connectivity index (χ3n) is 5.32. The Hall–Kier alpha value is -3.70. The van der Waals surface area contributed by atoms with Crippen molar-refractivity contribution in [1.29, 1.82) is 0 Å². The smallest absolute Gasteiger partial charge is 0.341 e. The molecule has 1 aliphatic rings. The number of amides is 2. The van der Waals surface area contributed by atoms with Gasteiger partial charge >= 0.3 is 5.97 Å². The molecule has 36 heavy (non-hydrogen) atoms. The molecule has 0 bridgehead atoms. The molecule has 3 aromatic rings. The van der Waals surface area contributed by atoms with E-state index in [1.807, 2.05) is 44.2 Å². The van der Waals surface area contributed by atoms with E-state index in [1.54, 1.807) is 37.1 Å². The van der Waals surface area contributed by atoms with Crippen LogP contribution < -0.4 is 10.2 Å². The minimum absolute atomic E-state index is 0.00607. The number of carbonyl (C=O) groups excluding carboxylic acids is 3. The molecule has 1 aliphatic heterocycles. The Kier molecular flexibility index (Phi) is 7.70. The second-order valence-corrected chi connectivity index (χ2v) is 10.1. The molecule has 0 radical (unpaired) electrons. The summed E-state index contributed by atoms with van der Waals surface area (Å²) in [5, 5.41) is 7.80. The zero-order valence-corrected chi connectivity index (χ0v) is 21.9. The van der Waals surface area contributed by atoms with Crippen LogP contribution in [0.1, 0.15) is 33.3 Å². The number of para-hydroxylation sites is 1. The number of ether oxygens (including phenoxy) is 1. The van der Waals surface area contributed by atoms with E-state index in [-0.39, 0.29) is 29.9 Å². The highest BCUT2D eigenvalue weighted by atomic mass is 32.2. The average molecular weight is 524 g/mol. The maximum Gasteiger partial charge on any atom is 0.341 e. The molecule has 0 aliphatic carbocycles. The van der Waals surface area contributed by atoms with Crippen LogP contribution in [0, 0.1) is 13.8 Å². The highest BCUT2D eigenvalue weighted by Gasteiger charge is 2.32. The minimum atomic E-state index is -0.464. The van der Waals surface area contributed by atoms with Crippen molar-refractivity contribution >= 4 is 62.8 Å². The number of nitrogens with one attached hydrogen (secondary N) is 1. The van der Waals surface area contributed by atoms with Gasteiger partial charge in [-0.05, 0) is 44.5 Å². The first kappa shape index (κ1) is 25.4. The summed E-state index contributed by atoms with van der Waals surface area (Å²) in [7, 11) is 1.79. The van der Waals surface area contributed by atoms with Crippen LogP contribution in [0.3, 0.4) is 0 Å². The summed E-state index contributed by atoms with van der Waals surface area (Å²) in [6.45, 7) is 5.70. The lowest BCUT2D eigenvalue weighted by molar-refractivity contribution is -0.114. The van der Waals surface area contributed by atoms with E-state index >= 15 is 0 Å². The van der Waals surface area contributed by atoms with E-state index in [4.69, 9.17) is 4.74 Å². The fraction of sp³-hybridized carbons (Fsp3) is 0.240. The average Bonchev–Trinajstić information content (AvgIpc) is 3.48. The second kappa shape index (κ2) is 10.9. The fourth-order valence-electron chi connectivity index (χ4n) is 3.53. The molecular weight excluding hydrogens is 498 g/mol. The maximum atomic E-state index is 13.2. The zero-order chi connectivity index (χ0) is 25.8. The SMILES string of the molecule is CCOC(=O)c1c(NC(=O)CSC2=NC(=Cc3cnn(C)c3)C(=O)N2c2ccccc2)sc(C)c1C. The van der Waals surface area contributed by atoms with Crippen LogP contribution in [0.2, 0.25) is 0 Å². The monoisotopic (exact) mass is 523 g/mol. The summed E-state index contributed by atoms with van der Waals surface area (Å²) in [5.41, 5.74) is 2.81. The third-order valence-corrected chi connectivity index (χ3v) is 7.38. The van der Waals surface area contributed by atoms with E-state index in [9.17, 15) is 14.4 Å². The Morgan fingerprint density at radius 2 is 1.97 bits per heavy atom. The van der Waals surface area contributed by atoms with Gasteiger partial charge in [0.2, 0.25) is 5.91 Å². The van der Waals surface area contributed by atoms with Gasteiger partial charge in [0.05, 0.1) is 29.8 Å². The van der Waals surface area contributed by atoms with Gasteiger partial charge in [0.1, 0.15) is 10.7 Å². The lowest BCUT2D eigenvalue weighted by Crippen LogP contribution is -2.31. The Morgan fingerprint density at radius 1 is 1.22 bits per heavy atom. The Labute approximate surface area is 216 Å². The normalized spacial score (nSPS) is 14.3. The van der Waals surface area contributed by atoms with E-state index in [0.29, 0.717) is 21.4 Å². The lowest BCUT2D eigenvalue weighted by atomic mass is 10.1. The number of nitrogens with zero attached hydrogens (tertiary/aromatic N) is 4. The number of amidine groups is 1. The molecule has 0 saturated carbocycles. The predicted octanol–water partition coefficient (Wildman–Crippen LogP) is 4.39. The third kappa shape index (κ3) is 5.42. The predicted molar refractivity (Wildman–Crippen MR) is 143 cm³/mol. The van der Waals surface area contributed by atoms with E-state index in [2.05, 4.69) is 15.4 Å². The van der Waals surface area contributed by atoms with Crippen molar-refractivity contribution in [3.05, 3.63) is 70.0 Å². The van der Waals surface area contributed by atoms with Gasteiger partial charge in [-0.15, -0.1) is 11.3 Å². The van der Waals surface area contributed by atoms with Crippen LogP contribution in [-0.2, 0) is 21.4 Å². The number of aliphatic imine (C=N–C) groups is 1. The molecule has 9 nitrogen and oxygen atoms in total. The van der Waals surface area contributed by atoms with Gasteiger partial charge in [-0.1, -0.05) is 30.0 Å². The van der Waals surface area contributed by atoms with Crippen molar-refractivity contribution < 1.29 is 19.1 Å². The Morgan fingerprint density at radius 3 is 2.64 bits per heavy atom. The molecule has 186 valence electrons. The van der Waals surface area contributed by atoms with Gasteiger partial charge in [0.25, 0.3) is 5.91 Å². The molecule has 4 rings (SSSR count). The van der Waals surface area contributed by atoms with Crippen LogP contribution in [0.4, 0.5) is 10.7 Å². The number of thioether (sulfide) groups is 1. The van der Waals surface area contributed by atoms with Gasteiger partial charge in [0, 0.05) is 23.7 Å². The number of rotatable bonds is 7. The molecule has 1 aromatic carbocycles. The molecule has 3 heterocycles. The van der Waals surface area contributed by atoms with Crippen molar-refractivity contribution in [2.75, 3.05) is 22.6 Å². The molecule has 0 fully saturated rings. The Bertz CT molecular complexity index is 1370. The molecule has 0 atom stereocenters. The van der Waals surface area contributed by atoms with Crippen molar-refractivity contribution in [2.24, 2.45) is 12.0 Å². The van der Waals surface area contributed by atoms with Crippen molar-refractivity contribution in [3.63, 3.8) is 0 Å². The van der Waals surface area contributed by atoms with Gasteiger partial charge in [-0.25, -0.2) is 9.79 Å². The molecule has 0 unspecified atom stereocenters. The summed E-state index contributed by atoms with van der Waals surface area (Å²) in [4.78, 5) is 45.5. The second-order valence-electron chi connectivity index (χ2n) is 7.89. The number of esters is 1. The summed E-state index contributed by atoms with van der Waals surface area (Å²) < 4.78 is 6.80. The summed E-state index contributed by atoms with van der Waals surface area (Å²) >= 11 is 2.47. The van der Waals surface area contributed by atoms with Crippen LogP contribution in [0.15, 0.2) is 53.4 Å². The topological polar surface area (TPSA) is 106 Å². The number of thiophene rings is 1. The van der Waals surface area contributed by atoms with Gasteiger partial charge in [-0.3, -0.25) is 19.2 Å². The van der Waals surface area contributed by atoms with E-state index in [1.165, 1.54) is 16.2 Å². The highest BCUT2D eigenvalue weighted by molar-refractivity contribution is 8.14. The highest BCUT2D eigenvalue weighted by Crippen LogP contribution is 2.34. The van der Waals surface area contributed by atoms with Crippen LogP contribution in [0.25, 0.3) is 6.08 Å². The number of hydrogen-bond acceptors (Lipinski definition) is 8. The number of aryl methyl sites for hydroxylation is 2. The molecule has 2 aromatic heterocycles. The molecule has 0 saturated heterocycles.